The predicted octanol–water partition coefficient (Wildman–Crippen LogP) is 17.3. The van der Waals surface area contributed by atoms with Crippen LogP contribution in [0.3, 0.4) is 0 Å². The van der Waals surface area contributed by atoms with Crippen LogP contribution in [-0.4, -0.2) is 0 Å². The number of hydrogen-bond donors (Lipinski definition) is 0. The minimum absolute atomic E-state index is 0.847. The van der Waals surface area contributed by atoms with Gasteiger partial charge in [0.25, 0.3) is 0 Å². The lowest BCUT2D eigenvalue weighted by atomic mass is 9.88. The van der Waals surface area contributed by atoms with Crippen molar-refractivity contribution in [2.24, 2.45) is 0 Å². The van der Waals surface area contributed by atoms with Crippen LogP contribution in [0.1, 0.15) is 0 Å². The number of benzene rings is 10. The van der Waals surface area contributed by atoms with Gasteiger partial charge in [-0.2, -0.15) is 0 Å². The SMILES string of the molecule is c1ccc(-c2ccc(-c3ccccc3-c3ccccc3-c3ccccc3N(c3ccc(-c4ccc5c(c4)oc4ccccc45)cc3)c3ccc4c(c3)oc3ccccc34)cc2)cc1. The molecule has 0 aliphatic heterocycles. The van der Waals surface area contributed by atoms with Crippen molar-refractivity contribution in [2.75, 3.05) is 4.90 Å². The van der Waals surface area contributed by atoms with Gasteiger partial charge in [0.15, 0.2) is 0 Å². The number of anilines is 3. The van der Waals surface area contributed by atoms with Crippen LogP contribution < -0.4 is 4.90 Å². The van der Waals surface area contributed by atoms with Crippen LogP contribution in [0.25, 0.3) is 99.5 Å². The largest absolute Gasteiger partial charge is 0.456 e. The van der Waals surface area contributed by atoms with Crippen molar-refractivity contribution in [2.45, 2.75) is 0 Å². The summed E-state index contributed by atoms with van der Waals surface area (Å²) in [6.45, 7) is 0. The highest BCUT2D eigenvalue weighted by Crippen LogP contribution is 2.46. The quantitative estimate of drug-likeness (QED) is 0.153. The molecule has 0 radical (unpaired) electrons. The summed E-state index contributed by atoms with van der Waals surface area (Å²) >= 11 is 0. The summed E-state index contributed by atoms with van der Waals surface area (Å²) in [7, 11) is 0. The molecule has 2 heterocycles. The molecule has 3 heteroatoms. The fraction of sp³-hybridized carbons (Fsp3) is 0. The van der Waals surface area contributed by atoms with Crippen LogP contribution >= 0.6 is 0 Å². The highest BCUT2D eigenvalue weighted by Gasteiger charge is 2.22. The second kappa shape index (κ2) is 15.3. The Morgan fingerprint density at radius 3 is 1.33 bits per heavy atom. The van der Waals surface area contributed by atoms with Gasteiger partial charge in [-0.25, -0.2) is 0 Å². The molecule has 12 aromatic rings. The molecule has 0 saturated heterocycles. The van der Waals surface area contributed by atoms with Crippen molar-refractivity contribution >= 4 is 60.9 Å². The van der Waals surface area contributed by atoms with Crippen molar-refractivity contribution in [1.82, 2.24) is 0 Å². The Kier molecular flexibility index (Phi) is 8.83. The topological polar surface area (TPSA) is 29.5 Å². The van der Waals surface area contributed by atoms with Crippen LogP contribution in [-0.2, 0) is 0 Å². The lowest BCUT2D eigenvalue weighted by Crippen LogP contribution is -2.11. The maximum absolute atomic E-state index is 6.49. The zero-order valence-corrected chi connectivity index (χ0v) is 34.3. The van der Waals surface area contributed by atoms with Crippen LogP contribution in [0.5, 0.6) is 0 Å². The normalized spacial score (nSPS) is 11.5. The average Bonchev–Trinajstić information content (AvgIpc) is 3.92. The molecule has 0 fully saturated rings. The predicted molar refractivity (Wildman–Crippen MR) is 263 cm³/mol. The van der Waals surface area contributed by atoms with Gasteiger partial charge in [-0.15, -0.1) is 0 Å². The van der Waals surface area contributed by atoms with Gasteiger partial charge >= 0.3 is 0 Å². The molecule has 0 unspecified atom stereocenters. The van der Waals surface area contributed by atoms with E-state index in [9.17, 15) is 0 Å². The maximum Gasteiger partial charge on any atom is 0.137 e. The Morgan fingerprint density at radius 1 is 0.238 bits per heavy atom. The first-order valence-electron chi connectivity index (χ1n) is 21.4. The molecule has 0 aliphatic rings. The van der Waals surface area contributed by atoms with Gasteiger partial charge in [-0.3, -0.25) is 0 Å². The van der Waals surface area contributed by atoms with E-state index >= 15 is 0 Å². The highest BCUT2D eigenvalue weighted by atomic mass is 16.3. The number of para-hydroxylation sites is 3. The van der Waals surface area contributed by atoms with Crippen LogP contribution in [0.15, 0.2) is 245 Å². The van der Waals surface area contributed by atoms with E-state index in [1.807, 2.05) is 24.3 Å². The third-order valence-electron chi connectivity index (χ3n) is 12.3. The lowest BCUT2D eigenvalue weighted by molar-refractivity contribution is 0.668. The molecule has 0 spiro atoms. The van der Waals surface area contributed by atoms with Gasteiger partial charge in [0, 0.05) is 44.5 Å². The molecule has 3 nitrogen and oxygen atoms in total. The first-order chi connectivity index (χ1) is 31.2. The van der Waals surface area contributed by atoms with Gasteiger partial charge in [-0.05, 0) is 105 Å². The molecule has 63 heavy (non-hydrogen) atoms. The third-order valence-corrected chi connectivity index (χ3v) is 12.3. The smallest absolute Gasteiger partial charge is 0.137 e. The fourth-order valence-electron chi connectivity index (χ4n) is 9.28. The Hall–Kier alpha value is -8.40. The Morgan fingerprint density at radius 2 is 0.651 bits per heavy atom. The van der Waals surface area contributed by atoms with Crippen molar-refractivity contribution in [1.29, 1.82) is 0 Å². The molecule has 12 rings (SSSR count). The summed E-state index contributed by atoms with van der Waals surface area (Å²) in [5.41, 5.74) is 18.2. The molecule has 10 aromatic carbocycles. The molecule has 0 bridgehead atoms. The Balaban J connectivity index is 0.988. The summed E-state index contributed by atoms with van der Waals surface area (Å²) in [4.78, 5) is 2.36. The van der Waals surface area contributed by atoms with Crippen molar-refractivity contribution in [3.8, 4) is 55.6 Å². The Labute approximate surface area is 365 Å². The molecular formula is C60H39NO2. The minimum Gasteiger partial charge on any atom is -0.456 e. The van der Waals surface area contributed by atoms with E-state index in [4.69, 9.17) is 8.83 Å². The summed E-state index contributed by atoms with van der Waals surface area (Å²) in [6.07, 6.45) is 0. The van der Waals surface area contributed by atoms with Gasteiger partial charge in [0.05, 0.1) is 5.69 Å². The number of fused-ring (bicyclic) bond motifs is 6. The van der Waals surface area contributed by atoms with E-state index in [2.05, 4.69) is 217 Å². The van der Waals surface area contributed by atoms with Crippen molar-refractivity contribution in [3.05, 3.63) is 237 Å². The van der Waals surface area contributed by atoms with Gasteiger partial charge < -0.3 is 13.7 Å². The first kappa shape index (κ1) is 36.5. The van der Waals surface area contributed by atoms with Crippen molar-refractivity contribution in [3.63, 3.8) is 0 Å². The Bertz CT molecular complexity index is 3620. The summed E-state index contributed by atoms with van der Waals surface area (Å²) < 4.78 is 12.8. The summed E-state index contributed by atoms with van der Waals surface area (Å²) in [6, 6.07) is 84.2. The van der Waals surface area contributed by atoms with E-state index in [1.54, 1.807) is 0 Å². The number of rotatable bonds is 8. The molecule has 0 saturated carbocycles. The van der Waals surface area contributed by atoms with Crippen LogP contribution in [0.4, 0.5) is 17.1 Å². The zero-order valence-electron chi connectivity index (χ0n) is 34.3. The van der Waals surface area contributed by atoms with Crippen LogP contribution in [0.2, 0.25) is 0 Å². The average molecular weight is 806 g/mol. The van der Waals surface area contributed by atoms with Gasteiger partial charge in [-0.1, -0.05) is 176 Å². The molecule has 0 N–H and O–H groups in total. The molecule has 2 aromatic heterocycles. The number of nitrogens with zero attached hydrogens (tertiary/aromatic N) is 1. The van der Waals surface area contributed by atoms with Crippen LogP contribution in [0, 0.1) is 0 Å². The molecular weight excluding hydrogens is 767 g/mol. The lowest BCUT2D eigenvalue weighted by Gasteiger charge is -2.28. The van der Waals surface area contributed by atoms with Crippen molar-refractivity contribution < 1.29 is 8.83 Å². The minimum atomic E-state index is 0.847. The van der Waals surface area contributed by atoms with Gasteiger partial charge in [0.2, 0.25) is 0 Å². The third kappa shape index (κ3) is 6.46. The monoisotopic (exact) mass is 805 g/mol. The molecule has 0 amide bonds. The molecule has 296 valence electrons. The van der Waals surface area contributed by atoms with Gasteiger partial charge in [0.1, 0.15) is 22.3 Å². The van der Waals surface area contributed by atoms with E-state index in [1.165, 1.54) is 27.8 Å². The molecule has 0 aliphatic carbocycles. The molecule has 0 atom stereocenters. The second-order valence-corrected chi connectivity index (χ2v) is 16.0. The number of furan rings is 2. The maximum atomic E-state index is 6.49. The summed E-state index contributed by atoms with van der Waals surface area (Å²) in [5, 5.41) is 4.46. The van der Waals surface area contributed by atoms with E-state index in [0.29, 0.717) is 0 Å². The van der Waals surface area contributed by atoms with E-state index in [0.717, 1.165) is 88.8 Å². The zero-order chi connectivity index (χ0) is 41.7. The highest BCUT2D eigenvalue weighted by molar-refractivity contribution is 6.07. The standard InChI is InChI=1S/C60H39NO2/c1-2-14-40(15-3-1)41-26-28-43(29-27-41)47-16-4-5-17-48(47)49-18-6-7-19-50(49)51-20-8-11-23-56(51)61(46-35-37-55-53-22-10-13-25-58(53)63-60(55)39-46)45-33-30-42(31-34-45)44-32-36-54-52-21-9-12-24-57(52)62-59(54)38-44/h1-39H. The number of hydrogen-bond acceptors (Lipinski definition) is 3. The first-order valence-corrected chi connectivity index (χ1v) is 21.4. The summed E-state index contributed by atoms with van der Waals surface area (Å²) in [5.74, 6) is 0. The van der Waals surface area contributed by atoms with E-state index < -0.39 is 0 Å². The second-order valence-electron chi connectivity index (χ2n) is 16.0. The fourth-order valence-corrected chi connectivity index (χ4v) is 9.28. The van der Waals surface area contributed by atoms with E-state index in [-0.39, 0.29) is 0 Å².